The molecule has 1 atom stereocenters. The average Bonchev–Trinajstić information content (AvgIpc) is 2.53. The summed E-state index contributed by atoms with van der Waals surface area (Å²) in [5.41, 5.74) is 3.51. The van der Waals surface area contributed by atoms with Crippen molar-refractivity contribution in [3.63, 3.8) is 0 Å². The summed E-state index contributed by atoms with van der Waals surface area (Å²) in [6.07, 6.45) is 5.53. The molecule has 0 radical (unpaired) electrons. The third kappa shape index (κ3) is 2.83. The third-order valence-corrected chi connectivity index (χ3v) is 3.46. The Morgan fingerprint density at radius 3 is 2.85 bits per heavy atom. The third-order valence-electron chi connectivity index (χ3n) is 3.46. The van der Waals surface area contributed by atoms with Crippen LogP contribution in [0.5, 0.6) is 0 Å². The summed E-state index contributed by atoms with van der Waals surface area (Å²) < 4.78 is 0. The summed E-state index contributed by atoms with van der Waals surface area (Å²) in [6, 6.07) is 14.8. The highest BCUT2D eigenvalue weighted by Crippen LogP contribution is 2.15. The van der Waals surface area contributed by atoms with Crippen LogP contribution in [0.2, 0.25) is 0 Å². The number of fused-ring (bicyclic) bond motifs is 1. The molecular formula is C17H17N3. The summed E-state index contributed by atoms with van der Waals surface area (Å²) in [4.78, 5) is 8.49. The SMILES string of the molecule is C[C@@H](NCc1ccc2ncccc2c1)c1cccnc1. The van der Waals surface area contributed by atoms with Crippen LogP contribution < -0.4 is 5.32 Å². The van der Waals surface area contributed by atoms with E-state index >= 15 is 0 Å². The first kappa shape index (κ1) is 12.8. The van der Waals surface area contributed by atoms with Crippen LogP contribution in [-0.4, -0.2) is 9.97 Å². The molecule has 3 nitrogen and oxygen atoms in total. The molecule has 0 saturated heterocycles. The van der Waals surface area contributed by atoms with E-state index in [-0.39, 0.29) is 6.04 Å². The fourth-order valence-corrected chi connectivity index (χ4v) is 2.26. The zero-order valence-electron chi connectivity index (χ0n) is 11.5. The van der Waals surface area contributed by atoms with Gasteiger partial charge in [0.25, 0.3) is 0 Å². The van der Waals surface area contributed by atoms with Gasteiger partial charge in [-0.2, -0.15) is 0 Å². The Morgan fingerprint density at radius 2 is 2.00 bits per heavy atom. The molecule has 0 unspecified atom stereocenters. The molecule has 100 valence electrons. The summed E-state index contributed by atoms with van der Waals surface area (Å²) in [6.45, 7) is 2.99. The molecule has 0 aliphatic heterocycles. The zero-order chi connectivity index (χ0) is 13.8. The first-order valence-corrected chi connectivity index (χ1v) is 6.80. The minimum absolute atomic E-state index is 0.285. The molecule has 20 heavy (non-hydrogen) atoms. The predicted molar refractivity (Wildman–Crippen MR) is 81.2 cm³/mol. The normalized spacial score (nSPS) is 12.4. The van der Waals surface area contributed by atoms with Crippen molar-refractivity contribution in [2.45, 2.75) is 19.5 Å². The first-order chi connectivity index (χ1) is 9.83. The van der Waals surface area contributed by atoms with E-state index in [9.17, 15) is 0 Å². The number of hydrogen-bond donors (Lipinski definition) is 1. The van der Waals surface area contributed by atoms with Gasteiger partial charge in [0, 0.05) is 36.6 Å². The minimum Gasteiger partial charge on any atom is -0.306 e. The quantitative estimate of drug-likeness (QED) is 0.783. The highest BCUT2D eigenvalue weighted by molar-refractivity contribution is 5.78. The van der Waals surface area contributed by atoms with Crippen LogP contribution in [0.1, 0.15) is 24.1 Å². The highest BCUT2D eigenvalue weighted by atomic mass is 14.9. The van der Waals surface area contributed by atoms with Crippen LogP contribution in [0, 0.1) is 0 Å². The van der Waals surface area contributed by atoms with Gasteiger partial charge >= 0.3 is 0 Å². The van der Waals surface area contributed by atoms with E-state index in [0.717, 1.165) is 12.1 Å². The van der Waals surface area contributed by atoms with Crippen LogP contribution in [-0.2, 0) is 6.54 Å². The maximum Gasteiger partial charge on any atom is 0.0702 e. The molecule has 1 N–H and O–H groups in total. The van der Waals surface area contributed by atoms with Crippen molar-refractivity contribution in [1.82, 2.24) is 15.3 Å². The number of nitrogens with zero attached hydrogens (tertiary/aromatic N) is 2. The van der Waals surface area contributed by atoms with Crippen LogP contribution in [0.3, 0.4) is 0 Å². The number of aromatic nitrogens is 2. The number of pyridine rings is 2. The molecule has 0 amide bonds. The standard InChI is InChI=1S/C17H17N3/c1-13(16-5-2-8-18-12-16)20-11-14-6-7-17-15(10-14)4-3-9-19-17/h2-10,12-13,20H,11H2,1H3/t13-/m1/s1. The van der Waals surface area contributed by atoms with Gasteiger partial charge < -0.3 is 5.32 Å². The van der Waals surface area contributed by atoms with Gasteiger partial charge in [0.15, 0.2) is 0 Å². The minimum atomic E-state index is 0.285. The zero-order valence-corrected chi connectivity index (χ0v) is 11.5. The topological polar surface area (TPSA) is 37.8 Å². The lowest BCUT2D eigenvalue weighted by molar-refractivity contribution is 0.573. The van der Waals surface area contributed by atoms with Gasteiger partial charge in [0.1, 0.15) is 0 Å². The number of rotatable bonds is 4. The Kier molecular flexibility index (Phi) is 3.70. The summed E-state index contributed by atoms with van der Waals surface area (Å²) in [5.74, 6) is 0. The number of nitrogens with one attached hydrogen (secondary N) is 1. The smallest absolute Gasteiger partial charge is 0.0702 e. The van der Waals surface area contributed by atoms with Gasteiger partial charge in [-0.1, -0.05) is 18.2 Å². The maximum atomic E-state index is 4.34. The molecular weight excluding hydrogens is 246 g/mol. The van der Waals surface area contributed by atoms with Crippen molar-refractivity contribution in [1.29, 1.82) is 0 Å². The lowest BCUT2D eigenvalue weighted by Crippen LogP contribution is -2.18. The van der Waals surface area contributed by atoms with Crippen molar-refractivity contribution in [3.8, 4) is 0 Å². The second kappa shape index (κ2) is 5.80. The van der Waals surface area contributed by atoms with E-state index < -0.39 is 0 Å². The van der Waals surface area contributed by atoms with Crippen molar-refractivity contribution >= 4 is 10.9 Å². The molecule has 2 aromatic heterocycles. The van der Waals surface area contributed by atoms with E-state index in [1.807, 2.05) is 24.5 Å². The van der Waals surface area contributed by atoms with Crippen molar-refractivity contribution in [2.75, 3.05) is 0 Å². The molecule has 0 aliphatic rings. The molecule has 2 heterocycles. The Bertz CT molecular complexity index is 695. The Hall–Kier alpha value is -2.26. The molecule has 3 heteroatoms. The van der Waals surface area contributed by atoms with Gasteiger partial charge in [0.2, 0.25) is 0 Å². The second-order valence-corrected chi connectivity index (χ2v) is 4.92. The van der Waals surface area contributed by atoms with Crippen molar-refractivity contribution in [3.05, 3.63) is 72.2 Å². The summed E-state index contributed by atoms with van der Waals surface area (Å²) in [5, 5.41) is 4.70. The fraction of sp³-hybridized carbons (Fsp3) is 0.176. The lowest BCUT2D eigenvalue weighted by Gasteiger charge is -2.14. The van der Waals surface area contributed by atoms with Gasteiger partial charge in [-0.3, -0.25) is 9.97 Å². The van der Waals surface area contributed by atoms with Crippen LogP contribution in [0.15, 0.2) is 61.1 Å². The molecule has 0 saturated carbocycles. The van der Waals surface area contributed by atoms with E-state index in [1.165, 1.54) is 16.5 Å². The first-order valence-electron chi connectivity index (χ1n) is 6.80. The number of hydrogen-bond acceptors (Lipinski definition) is 3. The maximum absolute atomic E-state index is 4.34. The van der Waals surface area contributed by atoms with Crippen molar-refractivity contribution < 1.29 is 0 Å². The highest BCUT2D eigenvalue weighted by Gasteiger charge is 2.04. The molecule has 3 rings (SSSR count). The molecule has 0 fully saturated rings. The van der Waals surface area contributed by atoms with Crippen LogP contribution in [0.25, 0.3) is 10.9 Å². The monoisotopic (exact) mass is 263 g/mol. The van der Waals surface area contributed by atoms with Gasteiger partial charge in [0.05, 0.1) is 5.52 Å². The van der Waals surface area contributed by atoms with Gasteiger partial charge in [-0.15, -0.1) is 0 Å². The molecule has 3 aromatic rings. The predicted octanol–water partition coefficient (Wildman–Crippen LogP) is 3.48. The fourth-order valence-electron chi connectivity index (χ4n) is 2.26. The molecule has 0 bridgehead atoms. The van der Waals surface area contributed by atoms with Gasteiger partial charge in [-0.05, 0) is 42.3 Å². The van der Waals surface area contributed by atoms with Gasteiger partial charge in [-0.25, -0.2) is 0 Å². The van der Waals surface area contributed by atoms with E-state index in [2.05, 4.69) is 52.5 Å². The Balaban J connectivity index is 1.70. The molecule has 0 spiro atoms. The van der Waals surface area contributed by atoms with Crippen LogP contribution >= 0.6 is 0 Å². The van der Waals surface area contributed by atoms with E-state index in [4.69, 9.17) is 0 Å². The largest absolute Gasteiger partial charge is 0.306 e. The van der Waals surface area contributed by atoms with E-state index in [1.54, 1.807) is 6.20 Å². The Morgan fingerprint density at radius 1 is 1.10 bits per heavy atom. The molecule has 1 aromatic carbocycles. The second-order valence-electron chi connectivity index (χ2n) is 4.92. The summed E-state index contributed by atoms with van der Waals surface area (Å²) >= 11 is 0. The van der Waals surface area contributed by atoms with Crippen molar-refractivity contribution in [2.24, 2.45) is 0 Å². The Labute approximate surface area is 118 Å². The van der Waals surface area contributed by atoms with E-state index in [0.29, 0.717) is 0 Å². The summed E-state index contributed by atoms with van der Waals surface area (Å²) in [7, 11) is 0. The lowest BCUT2D eigenvalue weighted by atomic mass is 10.1. The average molecular weight is 263 g/mol. The van der Waals surface area contributed by atoms with Crippen LogP contribution in [0.4, 0.5) is 0 Å². The number of benzene rings is 1. The molecule has 0 aliphatic carbocycles.